The first-order valence-electron chi connectivity index (χ1n) is 2.00. The third kappa shape index (κ3) is 2.04. The highest BCUT2D eigenvalue weighted by molar-refractivity contribution is 5.87. The molecule has 0 heterocycles. The summed E-state index contributed by atoms with van der Waals surface area (Å²) in [5.74, 6) is -2.32. The van der Waals surface area contributed by atoms with E-state index in [9.17, 15) is 22.4 Å². The Bertz CT molecular complexity index is 169. The van der Waals surface area contributed by atoms with Crippen LogP contribution in [0.3, 0.4) is 0 Å². The zero-order valence-corrected chi connectivity index (χ0v) is 4.44. The van der Waals surface area contributed by atoms with Gasteiger partial charge in [-0.3, -0.25) is 0 Å². The number of aliphatic carboxylic acids is 1. The van der Waals surface area contributed by atoms with Crippen LogP contribution in [0.2, 0.25) is 0 Å². The Morgan fingerprint density at radius 3 is 1.80 bits per heavy atom. The Balaban J connectivity index is 4.56. The molecule has 0 aromatic heterocycles. The molecule has 0 aromatic rings. The van der Waals surface area contributed by atoms with Gasteiger partial charge in [-0.25, -0.2) is 9.18 Å². The van der Waals surface area contributed by atoms with Crippen LogP contribution in [0.15, 0.2) is 11.9 Å². The van der Waals surface area contributed by atoms with Crippen LogP contribution in [0.25, 0.3) is 0 Å². The molecule has 1 N–H and O–H groups in total. The largest absolute Gasteiger partial charge is 0.478 e. The van der Waals surface area contributed by atoms with Gasteiger partial charge in [0.1, 0.15) is 6.33 Å². The fourth-order valence-corrected chi connectivity index (χ4v) is 0.230. The van der Waals surface area contributed by atoms with Crippen LogP contribution in [0, 0.1) is 0 Å². The second-order valence-corrected chi connectivity index (χ2v) is 1.33. The van der Waals surface area contributed by atoms with Crippen molar-refractivity contribution in [1.29, 1.82) is 0 Å². The van der Waals surface area contributed by atoms with Crippen molar-refractivity contribution in [2.75, 3.05) is 0 Å². The first kappa shape index (κ1) is 8.93. The normalized spacial score (nSPS) is 13.4. The molecule has 2 nitrogen and oxygen atoms in total. The van der Waals surface area contributed by atoms with E-state index in [1.165, 1.54) is 0 Å². The van der Waals surface area contributed by atoms with Gasteiger partial charge in [-0.2, -0.15) is 13.2 Å². The summed E-state index contributed by atoms with van der Waals surface area (Å²) in [6.45, 7) is 0. The molecule has 0 saturated heterocycles. The molecule has 58 valence electrons. The highest BCUT2D eigenvalue weighted by atomic mass is 19.4. The maximum absolute atomic E-state index is 11.3. The number of carboxylic acids is 1. The molecule has 0 spiro atoms. The van der Waals surface area contributed by atoms with Crippen LogP contribution >= 0.6 is 0 Å². The molecular weight excluding hydrogens is 156 g/mol. The SMILES string of the molecule is O=C(O)/C(=C\F)C(F)(F)F. The van der Waals surface area contributed by atoms with Crippen LogP contribution in [0.5, 0.6) is 0 Å². The van der Waals surface area contributed by atoms with Crippen molar-refractivity contribution in [3.05, 3.63) is 11.9 Å². The predicted octanol–water partition coefficient (Wildman–Crippen LogP) is 1.49. The molecule has 0 aliphatic rings. The van der Waals surface area contributed by atoms with Gasteiger partial charge in [0.2, 0.25) is 0 Å². The summed E-state index contributed by atoms with van der Waals surface area (Å²) < 4.78 is 45.0. The molecule has 0 rings (SSSR count). The minimum atomic E-state index is -5.12. The number of halogens is 4. The molecule has 0 aromatic carbocycles. The molecule has 0 amide bonds. The molecule has 0 atom stereocenters. The molecule has 0 saturated carbocycles. The molecule has 6 heteroatoms. The monoisotopic (exact) mass is 158 g/mol. The van der Waals surface area contributed by atoms with Crippen LogP contribution in [-0.4, -0.2) is 17.3 Å². The molecule has 0 unspecified atom stereocenters. The molecule has 0 bridgehead atoms. The lowest BCUT2D eigenvalue weighted by Gasteiger charge is -2.03. The van der Waals surface area contributed by atoms with Crippen molar-refractivity contribution in [3.8, 4) is 0 Å². The summed E-state index contributed by atoms with van der Waals surface area (Å²) in [5, 5.41) is 7.68. The summed E-state index contributed by atoms with van der Waals surface area (Å²) >= 11 is 0. The van der Waals surface area contributed by atoms with Gasteiger partial charge >= 0.3 is 12.1 Å². The maximum atomic E-state index is 11.3. The standard InChI is InChI=1S/C4H2F4O2/c5-1-2(3(9)10)4(6,7)8/h1H,(H,9,10)/b2-1+. The molecular formula is C4H2F4O2. The van der Waals surface area contributed by atoms with Gasteiger partial charge in [-0.05, 0) is 0 Å². The summed E-state index contributed by atoms with van der Waals surface area (Å²) in [7, 11) is 0. The number of carboxylic acid groups (broad SMARTS) is 1. The van der Waals surface area contributed by atoms with Gasteiger partial charge < -0.3 is 5.11 Å². The molecule has 0 aliphatic heterocycles. The minimum Gasteiger partial charge on any atom is -0.478 e. The van der Waals surface area contributed by atoms with Crippen LogP contribution in [-0.2, 0) is 4.79 Å². The van der Waals surface area contributed by atoms with Gasteiger partial charge in [-0.1, -0.05) is 0 Å². The average Bonchev–Trinajstić information content (AvgIpc) is 1.60. The smallest absolute Gasteiger partial charge is 0.425 e. The van der Waals surface area contributed by atoms with E-state index in [4.69, 9.17) is 5.11 Å². The Hall–Kier alpha value is -1.07. The topological polar surface area (TPSA) is 37.3 Å². The van der Waals surface area contributed by atoms with Crippen molar-refractivity contribution < 1.29 is 27.5 Å². The van der Waals surface area contributed by atoms with Gasteiger partial charge in [0.25, 0.3) is 0 Å². The van der Waals surface area contributed by atoms with E-state index in [0.29, 0.717) is 0 Å². The van der Waals surface area contributed by atoms with E-state index in [0.717, 1.165) is 0 Å². The van der Waals surface area contributed by atoms with E-state index >= 15 is 0 Å². The molecule has 0 fully saturated rings. The lowest BCUT2D eigenvalue weighted by molar-refractivity contribution is -0.145. The van der Waals surface area contributed by atoms with Crippen molar-refractivity contribution in [1.82, 2.24) is 0 Å². The number of hydrogen-bond donors (Lipinski definition) is 1. The summed E-state index contributed by atoms with van der Waals surface area (Å²) in [4.78, 5) is 9.55. The third-order valence-electron chi connectivity index (χ3n) is 0.645. The zero-order valence-electron chi connectivity index (χ0n) is 4.44. The maximum Gasteiger partial charge on any atom is 0.425 e. The van der Waals surface area contributed by atoms with Gasteiger partial charge in [0, 0.05) is 0 Å². The van der Waals surface area contributed by atoms with Crippen molar-refractivity contribution in [2.45, 2.75) is 6.18 Å². The zero-order chi connectivity index (χ0) is 8.36. The molecule has 0 aliphatic carbocycles. The molecule has 0 radical (unpaired) electrons. The quantitative estimate of drug-likeness (QED) is 0.463. The van der Waals surface area contributed by atoms with E-state index in [1.54, 1.807) is 0 Å². The van der Waals surface area contributed by atoms with Crippen molar-refractivity contribution in [2.24, 2.45) is 0 Å². The lowest BCUT2D eigenvalue weighted by Crippen LogP contribution is -2.18. The lowest BCUT2D eigenvalue weighted by atomic mass is 10.3. The van der Waals surface area contributed by atoms with E-state index < -0.39 is 24.0 Å². The van der Waals surface area contributed by atoms with E-state index in [1.807, 2.05) is 0 Å². The summed E-state index contributed by atoms with van der Waals surface area (Å²) in [5.41, 5.74) is -2.20. The van der Waals surface area contributed by atoms with Gasteiger partial charge in [-0.15, -0.1) is 0 Å². The Kier molecular flexibility index (Phi) is 2.39. The Morgan fingerprint density at radius 1 is 1.40 bits per heavy atom. The predicted molar refractivity (Wildman–Crippen MR) is 22.9 cm³/mol. The molecule has 10 heavy (non-hydrogen) atoms. The third-order valence-corrected chi connectivity index (χ3v) is 0.645. The van der Waals surface area contributed by atoms with E-state index in [-0.39, 0.29) is 0 Å². The van der Waals surface area contributed by atoms with Crippen LogP contribution in [0.1, 0.15) is 0 Å². The van der Waals surface area contributed by atoms with Crippen molar-refractivity contribution in [3.63, 3.8) is 0 Å². The van der Waals surface area contributed by atoms with Crippen molar-refractivity contribution >= 4 is 5.97 Å². The summed E-state index contributed by atoms with van der Waals surface area (Å²) in [6, 6.07) is 0. The van der Waals surface area contributed by atoms with Crippen LogP contribution < -0.4 is 0 Å². The number of carbonyl (C=O) groups is 1. The second kappa shape index (κ2) is 2.68. The fraction of sp³-hybridized carbons (Fsp3) is 0.250. The van der Waals surface area contributed by atoms with Gasteiger partial charge in [0.15, 0.2) is 5.57 Å². The highest BCUT2D eigenvalue weighted by Crippen LogP contribution is 2.25. The van der Waals surface area contributed by atoms with Crippen LogP contribution in [0.4, 0.5) is 17.6 Å². The van der Waals surface area contributed by atoms with E-state index in [2.05, 4.69) is 0 Å². The Morgan fingerprint density at radius 2 is 1.80 bits per heavy atom. The number of hydrogen-bond acceptors (Lipinski definition) is 1. The number of rotatable bonds is 1. The second-order valence-electron chi connectivity index (χ2n) is 1.33. The first-order valence-corrected chi connectivity index (χ1v) is 2.00. The Labute approximate surface area is 52.8 Å². The highest BCUT2D eigenvalue weighted by Gasteiger charge is 2.39. The number of alkyl halides is 3. The first-order chi connectivity index (χ1) is 4.39. The fourth-order valence-electron chi connectivity index (χ4n) is 0.230. The van der Waals surface area contributed by atoms with Gasteiger partial charge in [0.05, 0.1) is 0 Å². The summed E-state index contributed by atoms with van der Waals surface area (Å²) in [6.07, 6.45) is -6.11. The minimum absolute atomic E-state index is 0.984. The average molecular weight is 158 g/mol.